The standard InChI is InChI=1S/C40H56N2O22S2/c43-11-21-27(49)29(51)31(53)33(63-21)37(57)15-61-23(13-45)39(59,35(37)55)65-19-5-1-17(2-6-19)41-25(47)9-10-26(48)42-18-3-7-20(8-4-18)66-40(60)24(14-46)62-16-38(58,36(40)56)34-32(54)30(52)28(50)22(12-44)64-34/h1-8,21-24,27-36,43-46,49-60H,9-16H2,(H,41,47)(H,42,48)/t21-,22-,23-,24-,27-,28-,29+,30+,31-,32-,33-,34-,35-,36-,37-,38-,39-,40-/m1/s1. The molecule has 0 radical (unpaired) electrons. The van der Waals surface area contributed by atoms with Gasteiger partial charge in [-0.2, -0.15) is 0 Å². The summed E-state index contributed by atoms with van der Waals surface area (Å²) in [5, 5.41) is 176. The quantitative estimate of drug-likeness (QED) is 0.0738. The van der Waals surface area contributed by atoms with Gasteiger partial charge in [0.05, 0.1) is 39.6 Å². The minimum atomic E-state index is -2.63. The van der Waals surface area contributed by atoms with Gasteiger partial charge in [-0.1, -0.05) is 23.5 Å². The molecule has 0 bridgehead atoms. The van der Waals surface area contributed by atoms with Gasteiger partial charge in [0.25, 0.3) is 0 Å². The number of benzene rings is 2. The number of ether oxygens (including phenoxy) is 4. The van der Waals surface area contributed by atoms with Crippen molar-refractivity contribution < 1.29 is 110 Å². The van der Waals surface area contributed by atoms with E-state index in [4.69, 9.17) is 18.9 Å². The molecule has 66 heavy (non-hydrogen) atoms. The van der Waals surface area contributed by atoms with E-state index in [1.165, 1.54) is 48.5 Å². The Kier molecular flexibility index (Phi) is 16.8. The number of aliphatic hydroxyl groups excluding tert-OH is 12. The monoisotopic (exact) mass is 980 g/mol. The number of amides is 2. The van der Waals surface area contributed by atoms with Crippen LogP contribution in [0.15, 0.2) is 58.3 Å². The highest BCUT2D eigenvalue weighted by Gasteiger charge is 2.67. The summed E-state index contributed by atoms with van der Waals surface area (Å²) in [5.74, 6) is -1.14. The summed E-state index contributed by atoms with van der Waals surface area (Å²) in [6.45, 7) is -4.92. The van der Waals surface area contributed by atoms with Gasteiger partial charge in [-0.3, -0.25) is 9.59 Å². The third-order valence-corrected chi connectivity index (χ3v) is 14.8. The number of aliphatic hydroxyl groups is 16. The number of hydrogen-bond acceptors (Lipinski definition) is 24. The fraction of sp³-hybridized carbons (Fsp3) is 0.650. The van der Waals surface area contributed by atoms with Gasteiger partial charge in [-0.05, 0) is 48.5 Å². The molecule has 4 aliphatic heterocycles. The predicted molar refractivity (Wildman–Crippen MR) is 224 cm³/mol. The Bertz CT molecular complexity index is 1820. The van der Waals surface area contributed by atoms with Crippen LogP contribution in [0.1, 0.15) is 12.8 Å². The summed E-state index contributed by atoms with van der Waals surface area (Å²) in [4.78, 5) is 21.0. The fourth-order valence-electron chi connectivity index (χ4n) is 8.31. The zero-order chi connectivity index (χ0) is 48.5. The zero-order valence-corrected chi connectivity index (χ0v) is 36.4. The number of carbonyl (C=O) groups is 2. The third kappa shape index (κ3) is 10.1. The van der Waals surface area contributed by atoms with Crippen LogP contribution in [-0.4, -0.2) is 240 Å². The Labute approximate surface area is 384 Å². The first-order chi connectivity index (χ1) is 31.1. The smallest absolute Gasteiger partial charge is 0.224 e. The minimum absolute atomic E-state index is 0.235. The molecule has 18 N–H and O–H groups in total. The molecule has 4 fully saturated rings. The van der Waals surface area contributed by atoms with Gasteiger partial charge in [0, 0.05) is 34.0 Å². The lowest BCUT2D eigenvalue weighted by atomic mass is 9.77. The molecule has 4 aliphatic rings. The van der Waals surface area contributed by atoms with Gasteiger partial charge in [0.15, 0.2) is 9.87 Å². The average molecular weight is 981 g/mol. The molecule has 26 heteroatoms. The van der Waals surface area contributed by atoms with E-state index in [9.17, 15) is 91.3 Å². The van der Waals surface area contributed by atoms with Crippen molar-refractivity contribution in [3.63, 3.8) is 0 Å². The van der Waals surface area contributed by atoms with Crippen LogP contribution in [0.25, 0.3) is 0 Å². The van der Waals surface area contributed by atoms with Crippen molar-refractivity contribution in [1.82, 2.24) is 0 Å². The van der Waals surface area contributed by atoms with Crippen molar-refractivity contribution in [3.8, 4) is 0 Å². The summed E-state index contributed by atoms with van der Waals surface area (Å²) in [7, 11) is 0. The van der Waals surface area contributed by atoms with Crippen LogP contribution in [0.2, 0.25) is 0 Å². The van der Waals surface area contributed by atoms with Crippen LogP contribution in [0.5, 0.6) is 0 Å². The van der Waals surface area contributed by atoms with Crippen LogP contribution >= 0.6 is 23.5 Å². The van der Waals surface area contributed by atoms with Crippen LogP contribution < -0.4 is 10.6 Å². The second-order valence-electron chi connectivity index (χ2n) is 16.6. The van der Waals surface area contributed by atoms with E-state index in [1.807, 2.05) is 0 Å². The Balaban J connectivity index is 1.02. The second-order valence-corrected chi connectivity index (χ2v) is 19.3. The lowest BCUT2D eigenvalue weighted by Gasteiger charge is -2.55. The van der Waals surface area contributed by atoms with E-state index in [1.54, 1.807) is 0 Å². The Morgan fingerprint density at radius 1 is 0.515 bits per heavy atom. The molecule has 2 amide bonds. The summed E-state index contributed by atoms with van der Waals surface area (Å²) in [5.41, 5.74) is -4.75. The van der Waals surface area contributed by atoms with Gasteiger partial charge >= 0.3 is 0 Å². The minimum Gasteiger partial charge on any atom is -0.394 e. The molecule has 0 saturated carbocycles. The van der Waals surface area contributed by atoms with Crippen molar-refractivity contribution in [3.05, 3.63) is 48.5 Å². The number of thioether (sulfide) groups is 2. The van der Waals surface area contributed by atoms with Gasteiger partial charge < -0.3 is 111 Å². The molecule has 4 saturated heterocycles. The summed E-state index contributed by atoms with van der Waals surface area (Å²) in [6, 6.07) is 11.4. The SMILES string of the molecule is O=C(CCC(=O)Nc1ccc(S[C@@]2(O)[C@H](O)[C@](O)([C@@H]3O[C@H](CO)[C@@H](O)[C@H](O)[C@H]3O)CO[C@@H]2CO)cc1)Nc1ccc(S[C@@]2(O)[C@H](O)[C@](O)([C@@H]3O[C@H](CO)[C@@H](O)[C@H](O)[C@H]3O)CO[C@@H]2CO)cc1. The van der Waals surface area contributed by atoms with Crippen LogP contribution in [0.3, 0.4) is 0 Å². The van der Waals surface area contributed by atoms with E-state index in [2.05, 4.69) is 10.6 Å². The van der Waals surface area contributed by atoms with Crippen molar-refractivity contribution >= 4 is 46.7 Å². The third-order valence-electron chi connectivity index (χ3n) is 12.2. The fourth-order valence-corrected chi connectivity index (χ4v) is 10.8. The summed E-state index contributed by atoms with van der Waals surface area (Å²) in [6.07, 6.45) is -26.0. The van der Waals surface area contributed by atoms with Crippen molar-refractivity contribution in [1.29, 1.82) is 0 Å². The summed E-state index contributed by atoms with van der Waals surface area (Å²) >= 11 is 1.11. The highest BCUT2D eigenvalue weighted by atomic mass is 32.2. The van der Waals surface area contributed by atoms with E-state index >= 15 is 0 Å². The normalized spacial score (nSPS) is 41.8. The maximum absolute atomic E-state index is 12.8. The van der Waals surface area contributed by atoms with Gasteiger partial charge in [0.2, 0.25) is 11.8 Å². The molecule has 24 nitrogen and oxygen atoms in total. The van der Waals surface area contributed by atoms with Crippen molar-refractivity contribution in [2.75, 3.05) is 50.3 Å². The van der Waals surface area contributed by atoms with Crippen LogP contribution in [0.4, 0.5) is 11.4 Å². The van der Waals surface area contributed by atoms with E-state index in [0.717, 1.165) is 0 Å². The van der Waals surface area contributed by atoms with E-state index in [0.29, 0.717) is 23.5 Å². The molecule has 2 aromatic rings. The van der Waals surface area contributed by atoms with Crippen LogP contribution in [0, 0.1) is 0 Å². The Morgan fingerprint density at radius 3 is 1.15 bits per heavy atom. The highest BCUT2D eigenvalue weighted by Crippen LogP contribution is 2.49. The maximum atomic E-state index is 12.8. The molecule has 0 unspecified atom stereocenters. The topological polar surface area (TPSA) is 419 Å². The second kappa shape index (κ2) is 21.1. The van der Waals surface area contributed by atoms with Gasteiger partial charge in [-0.25, -0.2) is 0 Å². The van der Waals surface area contributed by atoms with Crippen LogP contribution in [-0.2, 0) is 28.5 Å². The molecule has 2 aromatic carbocycles. The first-order valence-corrected chi connectivity index (χ1v) is 22.2. The molecule has 370 valence electrons. The lowest BCUT2D eigenvalue weighted by Crippen LogP contribution is -2.76. The first kappa shape index (κ1) is 52.6. The molecule has 0 aliphatic carbocycles. The van der Waals surface area contributed by atoms with Gasteiger partial charge in [-0.15, -0.1) is 0 Å². The van der Waals surface area contributed by atoms with E-state index < -0.39 is 158 Å². The molecule has 18 atom stereocenters. The van der Waals surface area contributed by atoms with E-state index in [-0.39, 0.29) is 34.0 Å². The molecular weight excluding hydrogens is 925 g/mol. The number of carbonyl (C=O) groups excluding carboxylic acids is 2. The Morgan fingerprint density at radius 2 is 0.848 bits per heavy atom. The first-order valence-electron chi connectivity index (χ1n) is 20.6. The zero-order valence-electron chi connectivity index (χ0n) is 34.8. The maximum Gasteiger partial charge on any atom is 0.224 e. The summed E-state index contributed by atoms with van der Waals surface area (Å²) < 4.78 is 21.9. The predicted octanol–water partition coefficient (Wildman–Crippen LogP) is -6.74. The largest absolute Gasteiger partial charge is 0.394 e. The molecule has 0 aromatic heterocycles. The Hall–Kier alpha value is -2.72. The molecule has 6 rings (SSSR count). The number of hydrogen-bond donors (Lipinski definition) is 18. The lowest BCUT2D eigenvalue weighted by molar-refractivity contribution is -0.328. The average Bonchev–Trinajstić information content (AvgIpc) is 3.29. The number of anilines is 2. The molecule has 0 spiro atoms. The number of nitrogens with one attached hydrogen (secondary N) is 2. The number of rotatable bonds is 15. The highest BCUT2D eigenvalue weighted by molar-refractivity contribution is 8.00. The molecule has 4 heterocycles. The molecular formula is C40H56N2O22S2. The van der Waals surface area contributed by atoms with Crippen molar-refractivity contribution in [2.45, 2.75) is 129 Å². The van der Waals surface area contributed by atoms with Crippen molar-refractivity contribution in [2.24, 2.45) is 0 Å². The van der Waals surface area contributed by atoms with Gasteiger partial charge in [0.1, 0.15) is 96.7 Å².